The summed E-state index contributed by atoms with van der Waals surface area (Å²) < 4.78 is 5.59. The van der Waals surface area contributed by atoms with E-state index in [9.17, 15) is 0 Å². The van der Waals surface area contributed by atoms with Gasteiger partial charge in [0.15, 0.2) is 0 Å². The Balaban J connectivity index is 1.89. The molecule has 0 spiro atoms. The Morgan fingerprint density at radius 3 is 3.18 bits per heavy atom. The SMILES string of the molecule is NCCc1nnc(-c2cc3c(s2)CCSC3)o1. The second-order valence-corrected chi connectivity index (χ2v) is 6.14. The summed E-state index contributed by atoms with van der Waals surface area (Å²) >= 11 is 3.76. The van der Waals surface area contributed by atoms with E-state index in [0.29, 0.717) is 24.7 Å². The van der Waals surface area contributed by atoms with Crippen LogP contribution in [0.3, 0.4) is 0 Å². The molecule has 2 aromatic heterocycles. The topological polar surface area (TPSA) is 64.9 Å². The highest BCUT2D eigenvalue weighted by Gasteiger charge is 2.17. The van der Waals surface area contributed by atoms with E-state index in [1.54, 1.807) is 11.3 Å². The van der Waals surface area contributed by atoms with Crippen LogP contribution in [0.1, 0.15) is 16.3 Å². The van der Waals surface area contributed by atoms with E-state index in [1.165, 1.54) is 16.2 Å². The van der Waals surface area contributed by atoms with Crippen LogP contribution in [0.25, 0.3) is 10.8 Å². The zero-order valence-electron chi connectivity index (χ0n) is 9.31. The number of nitrogens with two attached hydrogens (primary N) is 1. The molecule has 0 saturated carbocycles. The van der Waals surface area contributed by atoms with E-state index in [0.717, 1.165) is 17.1 Å². The first-order valence-corrected chi connectivity index (χ1v) is 7.56. The molecule has 2 N–H and O–H groups in total. The molecular formula is C11H13N3OS2. The average Bonchev–Trinajstić information content (AvgIpc) is 2.94. The number of fused-ring (bicyclic) bond motifs is 1. The van der Waals surface area contributed by atoms with Gasteiger partial charge in [0.2, 0.25) is 5.89 Å². The van der Waals surface area contributed by atoms with Crippen molar-refractivity contribution in [1.82, 2.24) is 10.2 Å². The Hall–Kier alpha value is -0.850. The van der Waals surface area contributed by atoms with Crippen molar-refractivity contribution in [2.24, 2.45) is 5.73 Å². The monoisotopic (exact) mass is 267 g/mol. The van der Waals surface area contributed by atoms with Crippen LogP contribution in [0.4, 0.5) is 0 Å². The highest BCUT2D eigenvalue weighted by atomic mass is 32.2. The van der Waals surface area contributed by atoms with E-state index in [-0.39, 0.29) is 0 Å². The lowest BCUT2D eigenvalue weighted by Gasteiger charge is -2.08. The van der Waals surface area contributed by atoms with Gasteiger partial charge in [0, 0.05) is 23.6 Å². The van der Waals surface area contributed by atoms with Gasteiger partial charge in [-0.2, -0.15) is 11.8 Å². The zero-order valence-corrected chi connectivity index (χ0v) is 10.9. The fourth-order valence-electron chi connectivity index (χ4n) is 1.83. The van der Waals surface area contributed by atoms with Gasteiger partial charge in [0.25, 0.3) is 5.89 Å². The van der Waals surface area contributed by atoms with Gasteiger partial charge in [0.05, 0.1) is 4.88 Å². The van der Waals surface area contributed by atoms with E-state index >= 15 is 0 Å². The first-order valence-electron chi connectivity index (χ1n) is 5.59. The lowest BCUT2D eigenvalue weighted by Crippen LogP contribution is -2.02. The molecule has 0 unspecified atom stereocenters. The standard InChI is InChI=1S/C11H13N3OS2/c12-3-1-10-13-14-11(15-10)9-5-7-6-16-4-2-8(7)17-9/h5H,1-4,6,12H2. The maximum atomic E-state index is 5.59. The molecule has 0 bridgehead atoms. The number of thiophene rings is 1. The molecule has 90 valence electrons. The molecule has 0 amide bonds. The second kappa shape index (κ2) is 4.80. The number of hydrogen-bond acceptors (Lipinski definition) is 6. The third-order valence-corrected chi connectivity index (χ3v) is 4.90. The smallest absolute Gasteiger partial charge is 0.257 e. The van der Waals surface area contributed by atoms with Crippen molar-refractivity contribution < 1.29 is 4.42 Å². The largest absolute Gasteiger partial charge is 0.420 e. The normalized spacial score (nSPS) is 14.9. The van der Waals surface area contributed by atoms with Crippen molar-refractivity contribution in [2.75, 3.05) is 12.3 Å². The van der Waals surface area contributed by atoms with Gasteiger partial charge < -0.3 is 10.2 Å². The van der Waals surface area contributed by atoms with E-state index in [2.05, 4.69) is 16.3 Å². The van der Waals surface area contributed by atoms with Crippen molar-refractivity contribution in [3.8, 4) is 10.8 Å². The van der Waals surface area contributed by atoms with Crippen LogP contribution in [0.2, 0.25) is 0 Å². The molecule has 3 heterocycles. The predicted octanol–water partition coefficient (Wildman–Crippen LogP) is 2.09. The van der Waals surface area contributed by atoms with Crippen LogP contribution in [-0.2, 0) is 18.6 Å². The quantitative estimate of drug-likeness (QED) is 0.922. The molecule has 6 heteroatoms. The highest BCUT2D eigenvalue weighted by Crippen LogP contribution is 2.36. The fourth-order valence-corrected chi connectivity index (χ4v) is 4.12. The first-order chi connectivity index (χ1) is 8.36. The van der Waals surface area contributed by atoms with Crippen LogP contribution in [0.5, 0.6) is 0 Å². The number of nitrogens with zero attached hydrogens (tertiary/aromatic N) is 2. The Morgan fingerprint density at radius 2 is 2.35 bits per heavy atom. The van der Waals surface area contributed by atoms with Crippen LogP contribution in [0.15, 0.2) is 10.5 Å². The summed E-state index contributed by atoms with van der Waals surface area (Å²) in [4.78, 5) is 2.56. The second-order valence-electron chi connectivity index (χ2n) is 3.90. The van der Waals surface area contributed by atoms with Crippen LogP contribution in [-0.4, -0.2) is 22.5 Å². The maximum Gasteiger partial charge on any atom is 0.257 e. The van der Waals surface area contributed by atoms with Crippen molar-refractivity contribution in [2.45, 2.75) is 18.6 Å². The molecule has 3 rings (SSSR count). The molecule has 0 aromatic carbocycles. The molecule has 0 atom stereocenters. The summed E-state index contributed by atoms with van der Waals surface area (Å²) in [6, 6.07) is 2.19. The van der Waals surface area contributed by atoms with E-state index < -0.39 is 0 Å². The van der Waals surface area contributed by atoms with Crippen LogP contribution >= 0.6 is 23.1 Å². The van der Waals surface area contributed by atoms with E-state index in [4.69, 9.17) is 10.2 Å². The lowest BCUT2D eigenvalue weighted by molar-refractivity contribution is 0.508. The zero-order chi connectivity index (χ0) is 11.7. The summed E-state index contributed by atoms with van der Waals surface area (Å²) in [7, 11) is 0. The minimum atomic E-state index is 0.541. The minimum Gasteiger partial charge on any atom is -0.420 e. The minimum absolute atomic E-state index is 0.541. The Kier molecular flexibility index (Phi) is 3.17. The van der Waals surface area contributed by atoms with Crippen molar-refractivity contribution in [1.29, 1.82) is 0 Å². The third-order valence-electron chi connectivity index (χ3n) is 2.66. The molecule has 0 radical (unpaired) electrons. The van der Waals surface area contributed by atoms with Crippen molar-refractivity contribution in [3.05, 3.63) is 22.4 Å². The first kappa shape index (κ1) is 11.3. The highest BCUT2D eigenvalue weighted by molar-refractivity contribution is 7.98. The van der Waals surface area contributed by atoms with Gasteiger partial charge in [-0.05, 0) is 23.8 Å². The van der Waals surface area contributed by atoms with Gasteiger partial charge in [-0.25, -0.2) is 0 Å². The summed E-state index contributed by atoms with van der Waals surface area (Å²) in [5.41, 5.74) is 6.89. The van der Waals surface area contributed by atoms with Gasteiger partial charge in [-0.3, -0.25) is 0 Å². The van der Waals surface area contributed by atoms with Crippen molar-refractivity contribution >= 4 is 23.1 Å². The predicted molar refractivity (Wildman–Crippen MR) is 70.2 cm³/mol. The van der Waals surface area contributed by atoms with Crippen LogP contribution < -0.4 is 5.73 Å². The van der Waals surface area contributed by atoms with Crippen LogP contribution in [0, 0.1) is 0 Å². The maximum absolute atomic E-state index is 5.59. The van der Waals surface area contributed by atoms with E-state index in [1.807, 2.05) is 11.8 Å². The summed E-state index contributed by atoms with van der Waals surface area (Å²) in [6.07, 6.45) is 1.81. The summed E-state index contributed by atoms with van der Waals surface area (Å²) in [5, 5.41) is 8.07. The van der Waals surface area contributed by atoms with Gasteiger partial charge in [0.1, 0.15) is 0 Å². The molecule has 4 nitrogen and oxygen atoms in total. The number of aromatic nitrogens is 2. The molecule has 1 aliphatic heterocycles. The Bertz CT molecular complexity index is 497. The number of hydrogen-bond donors (Lipinski definition) is 1. The van der Waals surface area contributed by atoms with Gasteiger partial charge in [-0.1, -0.05) is 0 Å². The van der Waals surface area contributed by atoms with Gasteiger partial charge in [-0.15, -0.1) is 21.5 Å². The molecule has 17 heavy (non-hydrogen) atoms. The molecule has 0 aliphatic carbocycles. The Labute approximate surface area is 108 Å². The number of thioether (sulfide) groups is 1. The summed E-state index contributed by atoms with van der Waals surface area (Å²) in [5.74, 6) is 3.59. The average molecular weight is 267 g/mol. The fraction of sp³-hybridized carbons (Fsp3) is 0.455. The third kappa shape index (κ3) is 2.25. The molecule has 0 saturated heterocycles. The molecule has 1 aliphatic rings. The van der Waals surface area contributed by atoms with Crippen molar-refractivity contribution in [3.63, 3.8) is 0 Å². The number of aryl methyl sites for hydroxylation is 1. The Morgan fingerprint density at radius 1 is 1.41 bits per heavy atom. The molecule has 0 fully saturated rings. The molecule has 2 aromatic rings. The van der Waals surface area contributed by atoms with Gasteiger partial charge >= 0.3 is 0 Å². The lowest BCUT2D eigenvalue weighted by atomic mass is 10.2. The molecular weight excluding hydrogens is 254 g/mol. The number of rotatable bonds is 3. The summed E-state index contributed by atoms with van der Waals surface area (Å²) in [6.45, 7) is 0.541.